The summed E-state index contributed by atoms with van der Waals surface area (Å²) >= 11 is 0. The van der Waals surface area contributed by atoms with Gasteiger partial charge in [-0.05, 0) is 13.8 Å². The van der Waals surface area contributed by atoms with Crippen LogP contribution in [0, 0.1) is 0 Å². The Bertz CT molecular complexity index is 382. The standard InChI is InChI=1S/C7H10O3.C6H9NO2/c1-5(2)7(8)10-4-6-3-9-6;1-5(2)6(8)9-7-3-4-7/h6H,1,3-4H2,2H3;1,3-4H2,2H3. The maximum Gasteiger partial charge on any atom is 0.352 e. The van der Waals surface area contributed by atoms with Gasteiger partial charge in [0, 0.05) is 11.1 Å². The molecular weight excluding hydrogens is 250 g/mol. The van der Waals surface area contributed by atoms with Gasteiger partial charge in [0.1, 0.15) is 12.7 Å². The first-order valence-electron chi connectivity index (χ1n) is 5.97. The number of nitrogens with zero attached hydrogens (tertiary/aromatic N) is 1. The zero-order valence-corrected chi connectivity index (χ0v) is 11.3. The summed E-state index contributed by atoms with van der Waals surface area (Å²) in [4.78, 5) is 26.0. The minimum Gasteiger partial charge on any atom is -0.459 e. The number of hydrogen-bond acceptors (Lipinski definition) is 6. The molecule has 0 N–H and O–H groups in total. The summed E-state index contributed by atoms with van der Waals surface area (Å²) in [6, 6.07) is 0. The number of hydroxylamine groups is 2. The molecule has 2 aliphatic rings. The van der Waals surface area contributed by atoms with Crippen LogP contribution in [0.1, 0.15) is 13.8 Å². The van der Waals surface area contributed by atoms with Crippen molar-refractivity contribution in [3.63, 3.8) is 0 Å². The number of epoxide rings is 1. The van der Waals surface area contributed by atoms with Crippen molar-refractivity contribution < 1.29 is 23.9 Å². The number of rotatable bonds is 5. The normalized spacial score (nSPS) is 19.6. The van der Waals surface area contributed by atoms with Crippen molar-refractivity contribution in [3.05, 3.63) is 24.3 Å². The Morgan fingerprint density at radius 1 is 1.21 bits per heavy atom. The predicted molar refractivity (Wildman–Crippen MR) is 68.0 cm³/mol. The summed E-state index contributed by atoms with van der Waals surface area (Å²) in [6.07, 6.45) is 0.142. The summed E-state index contributed by atoms with van der Waals surface area (Å²) in [5, 5.41) is 1.58. The van der Waals surface area contributed by atoms with Gasteiger partial charge in [-0.1, -0.05) is 13.2 Å². The first-order valence-corrected chi connectivity index (χ1v) is 5.97. The van der Waals surface area contributed by atoms with Crippen LogP contribution in [0.5, 0.6) is 0 Å². The quantitative estimate of drug-likeness (QED) is 0.418. The monoisotopic (exact) mass is 269 g/mol. The molecule has 0 aromatic carbocycles. The Kier molecular flexibility index (Phi) is 5.72. The van der Waals surface area contributed by atoms with Gasteiger partial charge in [0.2, 0.25) is 0 Å². The SMILES string of the molecule is C=C(C)C(=O)OCC1CO1.C=C(C)C(=O)ON1CC1. The Morgan fingerprint density at radius 3 is 2.11 bits per heavy atom. The minimum absolute atomic E-state index is 0.142. The lowest BCUT2D eigenvalue weighted by Crippen LogP contribution is -2.09. The van der Waals surface area contributed by atoms with Gasteiger partial charge < -0.3 is 14.3 Å². The molecule has 2 aliphatic heterocycles. The number of carbonyl (C=O) groups is 2. The zero-order valence-electron chi connectivity index (χ0n) is 11.3. The van der Waals surface area contributed by atoms with Gasteiger partial charge in [-0.3, -0.25) is 0 Å². The van der Waals surface area contributed by atoms with Gasteiger partial charge in [0.15, 0.2) is 0 Å². The fraction of sp³-hybridized carbons (Fsp3) is 0.538. The van der Waals surface area contributed by atoms with Crippen molar-refractivity contribution in [2.75, 3.05) is 26.3 Å². The van der Waals surface area contributed by atoms with E-state index in [1.54, 1.807) is 18.9 Å². The second-order valence-electron chi connectivity index (χ2n) is 4.42. The highest BCUT2D eigenvalue weighted by Gasteiger charge is 2.24. The van der Waals surface area contributed by atoms with E-state index in [9.17, 15) is 9.59 Å². The van der Waals surface area contributed by atoms with Crippen molar-refractivity contribution in [1.29, 1.82) is 0 Å². The number of carbonyl (C=O) groups excluding carboxylic acids is 2. The van der Waals surface area contributed by atoms with Crippen LogP contribution in [0.4, 0.5) is 0 Å². The molecule has 6 heteroatoms. The number of ether oxygens (including phenoxy) is 2. The second-order valence-corrected chi connectivity index (χ2v) is 4.42. The van der Waals surface area contributed by atoms with Crippen LogP contribution in [0.3, 0.4) is 0 Å². The van der Waals surface area contributed by atoms with Crippen LogP contribution < -0.4 is 0 Å². The highest BCUT2D eigenvalue weighted by Crippen LogP contribution is 2.09. The maximum absolute atomic E-state index is 10.7. The lowest BCUT2D eigenvalue weighted by Gasteiger charge is -1.99. The van der Waals surface area contributed by atoms with Crippen LogP contribution in [0.25, 0.3) is 0 Å². The van der Waals surface area contributed by atoms with E-state index >= 15 is 0 Å². The first-order chi connectivity index (χ1) is 8.90. The summed E-state index contributed by atoms with van der Waals surface area (Å²) in [5.41, 5.74) is 0.877. The third-order valence-corrected chi connectivity index (χ3v) is 2.12. The van der Waals surface area contributed by atoms with E-state index in [0.717, 1.165) is 13.1 Å². The molecule has 0 radical (unpaired) electrons. The van der Waals surface area contributed by atoms with Gasteiger partial charge in [-0.25, -0.2) is 9.59 Å². The second kappa shape index (κ2) is 7.06. The fourth-order valence-electron chi connectivity index (χ4n) is 0.783. The van der Waals surface area contributed by atoms with Crippen molar-refractivity contribution >= 4 is 11.9 Å². The Morgan fingerprint density at radius 2 is 1.74 bits per heavy atom. The van der Waals surface area contributed by atoms with Gasteiger partial charge in [-0.15, -0.1) is 5.06 Å². The molecular formula is C13H19NO5. The summed E-state index contributed by atoms with van der Waals surface area (Å²) < 4.78 is 9.60. The maximum atomic E-state index is 10.7. The van der Waals surface area contributed by atoms with Crippen LogP contribution >= 0.6 is 0 Å². The smallest absolute Gasteiger partial charge is 0.352 e. The number of hydrogen-bond donors (Lipinski definition) is 0. The van der Waals surface area contributed by atoms with Gasteiger partial charge in [-0.2, -0.15) is 0 Å². The lowest BCUT2D eigenvalue weighted by atomic mass is 10.4. The summed E-state index contributed by atoms with van der Waals surface area (Å²) in [7, 11) is 0. The average molecular weight is 269 g/mol. The molecule has 106 valence electrons. The van der Waals surface area contributed by atoms with E-state index in [0.29, 0.717) is 24.4 Å². The van der Waals surface area contributed by atoms with E-state index in [1.165, 1.54) is 0 Å². The van der Waals surface area contributed by atoms with Crippen LogP contribution in [-0.2, 0) is 23.9 Å². The van der Waals surface area contributed by atoms with Crippen LogP contribution in [-0.4, -0.2) is 49.4 Å². The van der Waals surface area contributed by atoms with Gasteiger partial charge in [0.05, 0.1) is 19.7 Å². The molecule has 0 spiro atoms. The molecule has 2 rings (SSSR count). The highest BCUT2D eigenvalue weighted by molar-refractivity contribution is 5.87. The van der Waals surface area contributed by atoms with Gasteiger partial charge >= 0.3 is 11.9 Å². The molecule has 1 atom stereocenters. The van der Waals surface area contributed by atoms with Gasteiger partial charge in [0.25, 0.3) is 0 Å². The van der Waals surface area contributed by atoms with E-state index in [2.05, 4.69) is 13.2 Å². The Balaban J connectivity index is 0.000000191. The fourth-order valence-corrected chi connectivity index (χ4v) is 0.783. The molecule has 0 amide bonds. The average Bonchev–Trinajstić information content (AvgIpc) is 3.20. The molecule has 0 aromatic heterocycles. The van der Waals surface area contributed by atoms with E-state index in [-0.39, 0.29) is 18.0 Å². The molecule has 19 heavy (non-hydrogen) atoms. The highest BCUT2D eigenvalue weighted by atomic mass is 16.7. The third kappa shape index (κ3) is 7.38. The molecule has 2 saturated heterocycles. The van der Waals surface area contributed by atoms with Crippen molar-refractivity contribution in [3.8, 4) is 0 Å². The Labute approximate surface area is 112 Å². The largest absolute Gasteiger partial charge is 0.459 e. The molecule has 0 aromatic rings. The third-order valence-electron chi connectivity index (χ3n) is 2.12. The lowest BCUT2D eigenvalue weighted by molar-refractivity contribution is -0.160. The molecule has 1 unspecified atom stereocenters. The minimum atomic E-state index is -0.337. The first kappa shape index (κ1) is 15.4. The molecule has 0 saturated carbocycles. The van der Waals surface area contributed by atoms with E-state index < -0.39 is 0 Å². The van der Waals surface area contributed by atoms with Crippen LogP contribution in [0.15, 0.2) is 24.3 Å². The molecule has 2 heterocycles. The van der Waals surface area contributed by atoms with Crippen molar-refractivity contribution in [2.24, 2.45) is 0 Å². The molecule has 6 nitrogen and oxygen atoms in total. The summed E-state index contributed by atoms with van der Waals surface area (Å²) in [6.45, 7) is 12.9. The van der Waals surface area contributed by atoms with E-state index in [4.69, 9.17) is 14.3 Å². The summed E-state index contributed by atoms with van der Waals surface area (Å²) in [5.74, 6) is -0.664. The van der Waals surface area contributed by atoms with Crippen molar-refractivity contribution in [1.82, 2.24) is 5.06 Å². The molecule has 2 fully saturated rings. The Hall–Kier alpha value is -1.66. The topological polar surface area (TPSA) is 68.1 Å². The van der Waals surface area contributed by atoms with Crippen LogP contribution in [0.2, 0.25) is 0 Å². The molecule has 0 aliphatic carbocycles. The molecule has 0 bridgehead atoms. The van der Waals surface area contributed by atoms with E-state index in [1.807, 2.05) is 0 Å². The predicted octanol–water partition coefficient (Wildman–Crippen LogP) is 0.841. The number of esters is 1. The zero-order chi connectivity index (χ0) is 14.4. The van der Waals surface area contributed by atoms with Crippen molar-refractivity contribution in [2.45, 2.75) is 20.0 Å².